The van der Waals surface area contributed by atoms with E-state index in [2.05, 4.69) is 24.9 Å². The summed E-state index contributed by atoms with van der Waals surface area (Å²) in [5.41, 5.74) is 2.07. The highest BCUT2D eigenvalue weighted by atomic mass is 16.2. The number of hydrogen-bond donors (Lipinski definition) is 1. The average Bonchev–Trinajstić information content (AvgIpc) is 3.34. The highest BCUT2D eigenvalue weighted by Crippen LogP contribution is 2.32. The predicted octanol–water partition coefficient (Wildman–Crippen LogP) is 2.24. The molecule has 7 nitrogen and oxygen atoms in total. The van der Waals surface area contributed by atoms with Crippen molar-refractivity contribution in [2.45, 2.75) is 18.9 Å². The number of aromatic amines is 1. The molecule has 1 fully saturated rings. The van der Waals surface area contributed by atoms with E-state index in [9.17, 15) is 4.79 Å². The zero-order valence-electron chi connectivity index (χ0n) is 13.0. The molecule has 0 radical (unpaired) electrons. The monoisotopic (exact) mass is 320 g/mol. The quantitative estimate of drug-likeness (QED) is 0.799. The maximum atomic E-state index is 12.8. The van der Waals surface area contributed by atoms with Gasteiger partial charge in [0.2, 0.25) is 0 Å². The van der Waals surface area contributed by atoms with Gasteiger partial charge in [0.25, 0.3) is 5.91 Å². The standard InChI is InChI=1S/C17H16N6O/c24-17(12-3-1-5-18-9-12)23-8-2-4-15(23)13-10-19-11-14(22-13)16-20-6-7-21-16/h1,3,5-7,9-11,15H,2,4,8H2,(H,20,21). The molecule has 7 heteroatoms. The van der Waals surface area contributed by atoms with Gasteiger partial charge in [-0.3, -0.25) is 14.8 Å². The van der Waals surface area contributed by atoms with Gasteiger partial charge in [0.15, 0.2) is 5.82 Å². The zero-order chi connectivity index (χ0) is 16.4. The first-order chi connectivity index (χ1) is 11.8. The maximum Gasteiger partial charge on any atom is 0.255 e. The van der Waals surface area contributed by atoms with Crippen molar-refractivity contribution in [3.05, 3.63) is 60.6 Å². The fourth-order valence-electron chi connectivity index (χ4n) is 3.03. The molecular formula is C17H16N6O. The van der Waals surface area contributed by atoms with E-state index in [4.69, 9.17) is 0 Å². The summed E-state index contributed by atoms with van der Waals surface area (Å²) in [6.45, 7) is 0.713. The molecule has 4 heterocycles. The van der Waals surface area contributed by atoms with Crippen molar-refractivity contribution < 1.29 is 4.79 Å². The minimum absolute atomic E-state index is 0.0178. The molecule has 24 heavy (non-hydrogen) atoms. The van der Waals surface area contributed by atoms with Crippen molar-refractivity contribution in [2.75, 3.05) is 6.54 Å². The Bertz CT molecular complexity index is 833. The Morgan fingerprint density at radius 2 is 2.17 bits per heavy atom. The third-order valence-electron chi connectivity index (χ3n) is 4.16. The number of nitrogens with zero attached hydrogens (tertiary/aromatic N) is 5. The summed E-state index contributed by atoms with van der Waals surface area (Å²) in [5.74, 6) is 0.656. The van der Waals surface area contributed by atoms with Gasteiger partial charge in [-0.15, -0.1) is 0 Å². The summed E-state index contributed by atoms with van der Waals surface area (Å²) in [4.78, 5) is 34.8. The summed E-state index contributed by atoms with van der Waals surface area (Å²) in [6.07, 6.45) is 11.9. The van der Waals surface area contributed by atoms with Crippen LogP contribution in [0.25, 0.3) is 11.5 Å². The van der Waals surface area contributed by atoms with E-state index in [-0.39, 0.29) is 11.9 Å². The Kier molecular flexibility index (Phi) is 3.74. The second-order valence-electron chi connectivity index (χ2n) is 5.67. The van der Waals surface area contributed by atoms with Crippen molar-refractivity contribution in [2.24, 2.45) is 0 Å². The van der Waals surface area contributed by atoms with Crippen LogP contribution in [-0.2, 0) is 0 Å². The van der Waals surface area contributed by atoms with E-state index >= 15 is 0 Å². The number of imidazole rings is 1. The number of aromatic nitrogens is 5. The van der Waals surface area contributed by atoms with Crippen LogP contribution in [0.4, 0.5) is 0 Å². The summed E-state index contributed by atoms with van der Waals surface area (Å²) < 4.78 is 0. The van der Waals surface area contributed by atoms with E-state index in [1.807, 2.05) is 4.90 Å². The molecule has 3 aromatic heterocycles. The highest BCUT2D eigenvalue weighted by molar-refractivity contribution is 5.94. The molecule has 1 atom stereocenters. The Labute approximate surface area is 138 Å². The fraction of sp³-hybridized carbons (Fsp3) is 0.235. The summed E-state index contributed by atoms with van der Waals surface area (Å²) in [5, 5.41) is 0. The molecular weight excluding hydrogens is 304 g/mol. The second kappa shape index (κ2) is 6.19. The largest absolute Gasteiger partial charge is 0.343 e. The van der Waals surface area contributed by atoms with Gasteiger partial charge in [-0.25, -0.2) is 9.97 Å². The molecule has 1 aliphatic rings. The molecule has 0 spiro atoms. The van der Waals surface area contributed by atoms with Crippen LogP contribution in [0.5, 0.6) is 0 Å². The molecule has 3 aromatic rings. The summed E-state index contributed by atoms with van der Waals surface area (Å²) in [6, 6.07) is 3.49. The first-order valence-corrected chi connectivity index (χ1v) is 7.85. The van der Waals surface area contributed by atoms with Crippen LogP contribution in [0.2, 0.25) is 0 Å². The fourth-order valence-corrected chi connectivity index (χ4v) is 3.03. The Hall–Kier alpha value is -3.09. The van der Waals surface area contributed by atoms with E-state index in [1.165, 1.54) is 0 Å². The molecule has 0 aromatic carbocycles. The number of nitrogens with one attached hydrogen (secondary N) is 1. The van der Waals surface area contributed by atoms with E-state index in [0.29, 0.717) is 23.6 Å². The molecule has 1 aliphatic heterocycles. The van der Waals surface area contributed by atoms with Gasteiger partial charge >= 0.3 is 0 Å². The number of carbonyl (C=O) groups excluding carboxylic acids is 1. The van der Waals surface area contributed by atoms with Gasteiger partial charge in [-0.2, -0.15) is 0 Å². The van der Waals surface area contributed by atoms with Gasteiger partial charge in [0.05, 0.1) is 29.7 Å². The van der Waals surface area contributed by atoms with Crippen LogP contribution in [0.15, 0.2) is 49.3 Å². The minimum atomic E-state index is -0.0693. The lowest BCUT2D eigenvalue weighted by Crippen LogP contribution is -2.31. The van der Waals surface area contributed by atoms with Crippen LogP contribution in [-0.4, -0.2) is 42.3 Å². The highest BCUT2D eigenvalue weighted by Gasteiger charge is 2.32. The number of hydrogen-bond acceptors (Lipinski definition) is 5. The number of likely N-dealkylation sites (tertiary alicyclic amines) is 1. The molecule has 1 saturated heterocycles. The van der Waals surface area contributed by atoms with E-state index < -0.39 is 0 Å². The number of H-pyrrole nitrogens is 1. The van der Waals surface area contributed by atoms with Crippen LogP contribution < -0.4 is 0 Å². The second-order valence-corrected chi connectivity index (χ2v) is 5.67. The molecule has 0 bridgehead atoms. The van der Waals surface area contributed by atoms with Crippen molar-refractivity contribution in [1.29, 1.82) is 0 Å². The zero-order valence-corrected chi connectivity index (χ0v) is 13.0. The predicted molar refractivity (Wildman–Crippen MR) is 86.9 cm³/mol. The number of pyridine rings is 1. The smallest absolute Gasteiger partial charge is 0.255 e. The first kappa shape index (κ1) is 14.5. The van der Waals surface area contributed by atoms with Crippen LogP contribution >= 0.6 is 0 Å². The first-order valence-electron chi connectivity index (χ1n) is 7.85. The average molecular weight is 320 g/mol. The topological polar surface area (TPSA) is 87.7 Å². The third kappa shape index (κ3) is 2.64. The molecule has 4 rings (SSSR count). The van der Waals surface area contributed by atoms with Crippen molar-refractivity contribution in [3.63, 3.8) is 0 Å². The van der Waals surface area contributed by atoms with Crippen LogP contribution in [0, 0.1) is 0 Å². The number of amides is 1. The van der Waals surface area contributed by atoms with Crippen LogP contribution in [0.1, 0.15) is 34.9 Å². The van der Waals surface area contributed by atoms with E-state index in [1.54, 1.807) is 49.3 Å². The van der Waals surface area contributed by atoms with E-state index in [0.717, 1.165) is 18.5 Å². The SMILES string of the molecule is O=C(c1cccnc1)N1CCCC1c1cncc(-c2ncc[nH]2)n1. The van der Waals surface area contributed by atoms with Gasteiger partial charge in [0, 0.05) is 31.3 Å². The van der Waals surface area contributed by atoms with Gasteiger partial charge < -0.3 is 9.88 Å². The number of carbonyl (C=O) groups is 1. The Morgan fingerprint density at radius 1 is 1.21 bits per heavy atom. The summed E-state index contributed by atoms with van der Waals surface area (Å²) in [7, 11) is 0. The van der Waals surface area contributed by atoms with Crippen LogP contribution in [0.3, 0.4) is 0 Å². The van der Waals surface area contributed by atoms with Crippen molar-refractivity contribution in [1.82, 2.24) is 29.8 Å². The molecule has 0 saturated carbocycles. The Balaban J connectivity index is 1.64. The lowest BCUT2D eigenvalue weighted by molar-refractivity contribution is 0.0732. The molecule has 0 aliphatic carbocycles. The van der Waals surface area contributed by atoms with Gasteiger partial charge in [-0.1, -0.05) is 0 Å². The maximum absolute atomic E-state index is 12.8. The Morgan fingerprint density at radius 3 is 2.96 bits per heavy atom. The van der Waals surface area contributed by atoms with Crippen molar-refractivity contribution in [3.8, 4) is 11.5 Å². The van der Waals surface area contributed by atoms with Gasteiger partial charge in [0.1, 0.15) is 5.69 Å². The van der Waals surface area contributed by atoms with Crippen molar-refractivity contribution >= 4 is 5.91 Å². The minimum Gasteiger partial charge on any atom is -0.343 e. The lowest BCUT2D eigenvalue weighted by Gasteiger charge is -2.24. The molecule has 1 N–H and O–H groups in total. The molecule has 120 valence electrons. The normalized spacial score (nSPS) is 17.2. The molecule has 1 unspecified atom stereocenters. The summed E-state index contributed by atoms with van der Waals surface area (Å²) >= 11 is 0. The third-order valence-corrected chi connectivity index (χ3v) is 4.16. The number of rotatable bonds is 3. The van der Waals surface area contributed by atoms with Gasteiger partial charge in [-0.05, 0) is 25.0 Å². The lowest BCUT2D eigenvalue weighted by atomic mass is 10.1. The molecule has 1 amide bonds.